The number of benzene rings is 2. The molecule has 0 bridgehead atoms. The summed E-state index contributed by atoms with van der Waals surface area (Å²) in [5, 5.41) is 0.771. The zero-order valence-corrected chi connectivity index (χ0v) is 10.6. The number of halogens is 1. The van der Waals surface area contributed by atoms with E-state index in [0.29, 0.717) is 6.61 Å². The summed E-state index contributed by atoms with van der Waals surface area (Å²) in [4.78, 5) is 0. The first kappa shape index (κ1) is 12.0. The summed E-state index contributed by atoms with van der Waals surface area (Å²) in [5.41, 5.74) is 2.48. The summed E-state index contributed by atoms with van der Waals surface area (Å²) in [6.07, 6.45) is 0.894. The maximum Gasteiger partial charge on any atom is 0.119 e. The van der Waals surface area contributed by atoms with Crippen LogP contribution in [0.3, 0.4) is 0 Å². The van der Waals surface area contributed by atoms with Crippen molar-refractivity contribution in [3.05, 3.63) is 64.7 Å². The van der Waals surface area contributed by atoms with Crippen molar-refractivity contribution in [2.24, 2.45) is 0 Å². The van der Waals surface area contributed by atoms with Crippen molar-refractivity contribution in [1.82, 2.24) is 0 Å². The average molecular weight is 247 g/mol. The molecule has 0 heterocycles. The summed E-state index contributed by atoms with van der Waals surface area (Å²) in [6, 6.07) is 16.0. The van der Waals surface area contributed by atoms with Crippen LogP contribution in [-0.2, 0) is 6.42 Å². The lowest BCUT2D eigenvalue weighted by Crippen LogP contribution is -2.01. The third-order valence-electron chi connectivity index (χ3n) is 2.59. The first-order valence-electron chi connectivity index (χ1n) is 5.68. The standard InChI is InChI=1S/C15H15ClO/c1-12-2-8-15(9-3-12)17-11-10-13-4-6-14(16)7-5-13/h2-9H,10-11H2,1H3. The molecule has 2 rings (SSSR count). The van der Waals surface area contributed by atoms with Gasteiger partial charge in [-0.2, -0.15) is 0 Å². The van der Waals surface area contributed by atoms with Crippen LogP contribution in [0.4, 0.5) is 0 Å². The van der Waals surface area contributed by atoms with Crippen molar-refractivity contribution in [1.29, 1.82) is 0 Å². The molecule has 88 valence electrons. The van der Waals surface area contributed by atoms with Crippen molar-refractivity contribution in [2.45, 2.75) is 13.3 Å². The smallest absolute Gasteiger partial charge is 0.119 e. The largest absolute Gasteiger partial charge is 0.493 e. The summed E-state index contributed by atoms with van der Waals surface area (Å²) in [5.74, 6) is 0.921. The Morgan fingerprint density at radius 3 is 2.24 bits per heavy atom. The third-order valence-corrected chi connectivity index (χ3v) is 2.85. The summed E-state index contributed by atoms with van der Waals surface area (Å²) >= 11 is 5.83. The number of ether oxygens (including phenoxy) is 1. The Morgan fingerprint density at radius 1 is 0.941 bits per heavy atom. The molecule has 0 aromatic heterocycles. The van der Waals surface area contributed by atoms with E-state index in [-0.39, 0.29) is 0 Å². The van der Waals surface area contributed by atoms with Gasteiger partial charge < -0.3 is 4.74 Å². The van der Waals surface area contributed by atoms with E-state index in [1.165, 1.54) is 11.1 Å². The topological polar surface area (TPSA) is 9.23 Å². The minimum atomic E-state index is 0.685. The average Bonchev–Trinajstić information content (AvgIpc) is 2.34. The van der Waals surface area contributed by atoms with Crippen LogP contribution in [-0.4, -0.2) is 6.61 Å². The lowest BCUT2D eigenvalue weighted by Gasteiger charge is -2.06. The molecule has 0 saturated carbocycles. The maximum atomic E-state index is 5.83. The molecule has 2 aromatic carbocycles. The minimum Gasteiger partial charge on any atom is -0.493 e. The van der Waals surface area contributed by atoms with Crippen LogP contribution in [0.15, 0.2) is 48.5 Å². The monoisotopic (exact) mass is 246 g/mol. The van der Waals surface area contributed by atoms with Gasteiger partial charge in [0.25, 0.3) is 0 Å². The van der Waals surface area contributed by atoms with Crippen LogP contribution in [0.25, 0.3) is 0 Å². The van der Waals surface area contributed by atoms with Gasteiger partial charge in [0.1, 0.15) is 5.75 Å². The van der Waals surface area contributed by atoms with Crippen molar-refractivity contribution >= 4 is 11.6 Å². The molecule has 0 fully saturated rings. The molecular weight excluding hydrogens is 232 g/mol. The molecule has 0 N–H and O–H groups in total. The Bertz CT molecular complexity index is 414. The van der Waals surface area contributed by atoms with Crippen LogP contribution in [0.1, 0.15) is 11.1 Å². The highest BCUT2D eigenvalue weighted by Gasteiger charge is 1.96. The summed E-state index contributed by atoms with van der Waals surface area (Å²) < 4.78 is 5.66. The van der Waals surface area contributed by atoms with Gasteiger partial charge in [0.2, 0.25) is 0 Å². The van der Waals surface area contributed by atoms with Crippen LogP contribution in [0.5, 0.6) is 5.75 Å². The Balaban J connectivity index is 1.83. The van der Waals surface area contributed by atoms with Gasteiger partial charge >= 0.3 is 0 Å². The van der Waals surface area contributed by atoms with E-state index in [0.717, 1.165) is 17.2 Å². The highest BCUT2D eigenvalue weighted by atomic mass is 35.5. The van der Waals surface area contributed by atoms with Gasteiger partial charge in [0, 0.05) is 11.4 Å². The van der Waals surface area contributed by atoms with Gasteiger partial charge in [-0.25, -0.2) is 0 Å². The van der Waals surface area contributed by atoms with Crippen molar-refractivity contribution in [3.8, 4) is 5.75 Å². The van der Waals surface area contributed by atoms with Crippen molar-refractivity contribution < 1.29 is 4.74 Å². The number of hydrogen-bond acceptors (Lipinski definition) is 1. The Labute approximate surface area is 107 Å². The van der Waals surface area contributed by atoms with Gasteiger partial charge in [0.05, 0.1) is 6.61 Å². The second-order valence-electron chi connectivity index (χ2n) is 4.04. The van der Waals surface area contributed by atoms with Crippen LogP contribution >= 0.6 is 11.6 Å². The molecule has 0 spiro atoms. The van der Waals surface area contributed by atoms with Crippen LogP contribution in [0.2, 0.25) is 5.02 Å². The number of rotatable bonds is 4. The Hall–Kier alpha value is -1.47. The molecule has 2 heteroatoms. The molecule has 0 aliphatic heterocycles. The predicted octanol–water partition coefficient (Wildman–Crippen LogP) is 4.27. The van der Waals surface area contributed by atoms with Gasteiger partial charge in [-0.1, -0.05) is 41.4 Å². The SMILES string of the molecule is Cc1ccc(OCCc2ccc(Cl)cc2)cc1. The number of hydrogen-bond donors (Lipinski definition) is 0. The van der Waals surface area contributed by atoms with E-state index in [4.69, 9.17) is 16.3 Å². The van der Waals surface area contributed by atoms with Crippen LogP contribution in [0, 0.1) is 6.92 Å². The van der Waals surface area contributed by atoms with E-state index in [1.54, 1.807) is 0 Å². The van der Waals surface area contributed by atoms with Crippen molar-refractivity contribution in [3.63, 3.8) is 0 Å². The van der Waals surface area contributed by atoms with E-state index >= 15 is 0 Å². The second kappa shape index (κ2) is 5.74. The first-order chi connectivity index (χ1) is 8.24. The minimum absolute atomic E-state index is 0.685. The Morgan fingerprint density at radius 2 is 1.59 bits per heavy atom. The summed E-state index contributed by atoms with van der Waals surface area (Å²) in [7, 11) is 0. The molecule has 1 nitrogen and oxygen atoms in total. The van der Waals surface area contributed by atoms with E-state index in [9.17, 15) is 0 Å². The lowest BCUT2D eigenvalue weighted by molar-refractivity contribution is 0.322. The fraction of sp³-hybridized carbons (Fsp3) is 0.200. The highest BCUT2D eigenvalue weighted by Crippen LogP contribution is 2.13. The highest BCUT2D eigenvalue weighted by molar-refractivity contribution is 6.30. The first-order valence-corrected chi connectivity index (χ1v) is 6.06. The molecule has 17 heavy (non-hydrogen) atoms. The summed E-state index contributed by atoms with van der Waals surface area (Å²) in [6.45, 7) is 2.75. The molecule has 0 aliphatic carbocycles. The zero-order valence-electron chi connectivity index (χ0n) is 9.82. The predicted molar refractivity (Wildman–Crippen MR) is 71.8 cm³/mol. The van der Waals surface area contributed by atoms with Crippen LogP contribution < -0.4 is 4.74 Å². The molecule has 0 amide bonds. The molecule has 2 aromatic rings. The van der Waals surface area contributed by atoms with Gasteiger partial charge in [0.15, 0.2) is 0 Å². The third kappa shape index (κ3) is 3.79. The molecule has 0 unspecified atom stereocenters. The van der Waals surface area contributed by atoms with Crippen molar-refractivity contribution in [2.75, 3.05) is 6.61 Å². The quantitative estimate of drug-likeness (QED) is 0.783. The van der Waals surface area contributed by atoms with E-state index in [1.807, 2.05) is 36.4 Å². The fourth-order valence-corrected chi connectivity index (χ4v) is 1.70. The van der Waals surface area contributed by atoms with Gasteiger partial charge in [-0.05, 0) is 36.8 Å². The molecule has 0 radical (unpaired) electrons. The normalized spacial score (nSPS) is 10.2. The van der Waals surface area contributed by atoms with Gasteiger partial charge in [-0.3, -0.25) is 0 Å². The lowest BCUT2D eigenvalue weighted by atomic mass is 10.2. The molecule has 0 atom stereocenters. The second-order valence-corrected chi connectivity index (χ2v) is 4.47. The fourth-order valence-electron chi connectivity index (χ4n) is 1.57. The molecule has 0 saturated heterocycles. The Kier molecular flexibility index (Phi) is 4.05. The molecular formula is C15H15ClO. The number of aryl methyl sites for hydroxylation is 1. The van der Waals surface area contributed by atoms with E-state index < -0.39 is 0 Å². The maximum absolute atomic E-state index is 5.83. The van der Waals surface area contributed by atoms with Gasteiger partial charge in [-0.15, -0.1) is 0 Å². The molecule has 0 aliphatic rings. The van der Waals surface area contributed by atoms with E-state index in [2.05, 4.69) is 19.1 Å². The zero-order chi connectivity index (χ0) is 12.1.